The third-order valence-electron chi connectivity index (χ3n) is 2.08. The summed E-state index contributed by atoms with van der Waals surface area (Å²) in [5.41, 5.74) is 1.69. The molecule has 1 aromatic carbocycles. The number of non-ortho nitro benzene ring substituents is 1. The van der Waals surface area contributed by atoms with E-state index in [0.717, 1.165) is 11.3 Å². The summed E-state index contributed by atoms with van der Waals surface area (Å²) in [6, 6.07) is 4.92. The molecule has 0 fully saturated rings. The Kier molecular flexibility index (Phi) is 5.16. The summed E-state index contributed by atoms with van der Waals surface area (Å²) in [5.74, 6) is 0. The molecule has 92 valence electrons. The molecule has 0 heterocycles. The fourth-order valence-corrected chi connectivity index (χ4v) is 1.40. The zero-order valence-corrected chi connectivity index (χ0v) is 9.81. The largest absolute Gasteiger partial charge is 0.383 e. The van der Waals surface area contributed by atoms with Gasteiger partial charge in [-0.25, -0.2) is 0 Å². The summed E-state index contributed by atoms with van der Waals surface area (Å²) >= 11 is 0. The van der Waals surface area contributed by atoms with E-state index in [1.165, 1.54) is 6.07 Å². The Labute approximate surface area is 100 Å². The predicted octanol–water partition coefficient (Wildman–Crippen LogP) is 2.52. The number of benzene rings is 1. The van der Waals surface area contributed by atoms with E-state index in [2.05, 4.69) is 11.9 Å². The van der Waals surface area contributed by atoms with E-state index >= 15 is 0 Å². The van der Waals surface area contributed by atoms with Gasteiger partial charge in [0.15, 0.2) is 0 Å². The minimum absolute atomic E-state index is 0.0968. The lowest BCUT2D eigenvalue weighted by molar-refractivity contribution is -0.384. The first kappa shape index (κ1) is 13.2. The van der Waals surface area contributed by atoms with E-state index in [0.29, 0.717) is 19.8 Å². The molecule has 0 aliphatic rings. The number of nitro benzene ring substituents is 1. The Morgan fingerprint density at radius 1 is 1.53 bits per heavy atom. The van der Waals surface area contributed by atoms with Crippen molar-refractivity contribution in [1.82, 2.24) is 0 Å². The highest BCUT2D eigenvalue weighted by atomic mass is 16.6. The van der Waals surface area contributed by atoms with E-state index in [9.17, 15) is 10.1 Å². The summed E-state index contributed by atoms with van der Waals surface area (Å²) in [6.45, 7) is 7.02. The van der Waals surface area contributed by atoms with Crippen LogP contribution in [0.15, 0.2) is 30.9 Å². The van der Waals surface area contributed by atoms with Crippen molar-refractivity contribution < 1.29 is 9.66 Å². The van der Waals surface area contributed by atoms with Crippen LogP contribution in [0.5, 0.6) is 0 Å². The molecule has 0 amide bonds. The van der Waals surface area contributed by atoms with Crippen molar-refractivity contribution in [3.8, 4) is 0 Å². The fraction of sp³-hybridized carbons (Fsp3) is 0.333. The average molecular weight is 236 g/mol. The zero-order valence-electron chi connectivity index (χ0n) is 9.81. The van der Waals surface area contributed by atoms with Crippen LogP contribution < -0.4 is 5.32 Å². The molecule has 1 rings (SSSR count). The van der Waals surface area contributed by atoms with Crippen LogP contribution in [0.3, 0.4) is 0 Å². The van der Waals surface area contributed by atoms with Gasteiger partial charge in [-0.05, 0) is 18.6 Å². The number of nitrogens with zero attached hydrogens (tertiary/aromatic N) is 1. The van der Waals surface area contributed by atoms with Crippen LogP contribution in [0.1, 0.15) is 5.56 Å². The maximum absolute atomic E-state index is 10.7. The number of rotatable bonds is 7. The number of nitro groups is 1. The van der Waals surface area contributed by atoms with E-state index in [1.807, 2.05) is 13.0 Å². The molecule has 0 unspecified atom stereocenters. The van der Waals surface area contributed by atoms with E-state index in [1.54, 1.807) is 12.1 Å². The van der Waals surface area contributed by atoms with Crippen LogP contribution in [0.4, 0.5) is 11.4 Å². The Morgan fingerprint density at radius 3 is 2.94 bits per heavy atom. The fourth-order valence-electron chi connectivity index (χ4n) is 1.40. The first-order valence-corrected chi connectivity index (χ1v) is 5.32. The standard InChI is InChI=1S/C12H16N2O3/c1-3-5-17-6-4-13-11-7-10(2)8-12(9-11)14(15)16/h3,7-9,13H,1,4-6H2,2H3. The summed E-state index contributed by atoms with van der Waals surface area (Å²) in [4.78, 5) is 10.3. The van der Waals surface area contributed by atoms with Gasteiger partial charge in [0.2, 0.25) is 0 Å². The molecule has 0 saturated carbocycles. The monoisotopic (exact) mass is 236 g/mol. The van der Waals surface area contributed by atoms with Gasteiger partial charge < -0.3 is 10.1 Å². The van der Waals surface area contributed by atoms with Gasteiger partial charge in [0.05, 0.1) is 18.1 Å². The van der Waals surface area contributed by atoms with Crippen molar-refractivity contribution in [2.24, 2.45) is 0 Å². The molecule has 5 heteroatoms. The number of anilines is 1. The summed E-state index contributed by atoms with van der Waals surface area (Å²) < 4.78 is 5.20. The first-order valence-electron chi connectivity index (χ1n) is 5.32. The van der Waals surface area contributed by atoms with Crippen LogP contribution in [-0.2, 0) is 4.74 Å². The Bertz CT molecular complexity index is 405. The molecule has 0 radical (unpaired) electrons. The van der Waals surface area contributed by atoms with Crippen LogP contribution in [0, 0.1) is 17.0 Å². The normalized spacial score (nSPS) is 9.94. The lowest BCUT2D eigenvalue weighted by Gasteiger charge is -2.07. The highest BCUT2D eigenvalue weighted by Crippen LogP contribution is 2.20. The summed E-state index contributed by atoms with van der Waals surface area (Å²) in [7, 11) is 0. The highest BCUT2D eigenvalue weighted by Gasteiger charge is 2.07. The van der Waals surface area contributed by atoms with Crippen molar-refractivity contribution in [2.45, 2.75) is 6.92 Å². The number of hydrogen-bond acceptors (Lipinski definition) is 4. The lowest BCUT2D eigenvalue weighted by atomic mass is 10.2. The number of aryl methyl sites for hydroxylation is 1. The molecule has 0 spiro atoms. The van der Waals surface area contributed by atoms with Gasteiger partial charge in [0.1, 0.15) is 0 Å². The first-order chi connectivity index (χ1) is 8.13. The summed E-state index contributed by atoms with van der Waals surface area (Å²) in [6.07, 6.45) is 1.68. The molecule has 0 atom stereocenters. The van der Waals surface area contributed by atoms with Gasteiger partial charge in [-0.3, -0.25) is 10.1 Å². The molecule has 0 bridgehead atoms. The van der Waals surface area contributed by atoms with Crippen molar-refractivity contribution >= 4 is 11.4 Å². The van der Waals surface area contributed by atoms with Crippen LogP contribution in [-0.4, -0.2) is 24.7 Å². The van der Waals surface area contributed by atoms with Gasteiger partial charge in [-0.1, -0.05) is 6.08 Å². The van der Waals surface area contributed by atoms with Crippen LogP contribution >= 0.6 is 0 Å². The number of hydrogen-bond donors (Lipinski definition) is 1. The molecule has 1 aromatic rings. The average Bonchev–Trinajstić information content (AvgIpc) is 2.28. The quantitative estimate of drug-likeness (QED) is 0.342. The Morgan fingerprint density at radius 2 is 2.29 bits per heavy atom. The van der Waals surface area contributed by atoms with Crippen molar-refractivity contribution in [3.63, 3.8) is 0 Å². The van der Waals surface area contributed by atoms with Crippen LogP contribution in [0.2, 0.25) is 0 Å². The third-order valence-corrected chi connectivity index (χ3v) is 2.08. The topological polar surface area (TPSA) is 64.4 Å². The van der Waals surface area contributed by atoms with Crippen LogP contribution in [0.25, 0.3) is 0 Å². The van der Waals surface area contributed by atoms with E-state index < -0.39 is 4.92 Å². The Hall–Kier alpha value is -1.88. The zero-order chi connectivity index (χ0) is 12.7. The molecule has 17 heavy (non-hydrogen) atoms. The molecule has 1 N–H and O–H groups in total. The molecule has 0 saturated heterocycles. The second-order valence-corrected chi connectivity index (χ2v) is 3.60. The minimum Gasteiger partial charge on any atom is -0.383 e. The predicted molar refractivity (Wildman–Crippen MR) is 67.3 cm³/mol. The summed E-state index contributed by atoms with van der Waals surface area (Å²) in [5, 5.41) is 13.7. The number of ether oxygens (including phenoxy) is 1. The maximum atomic E-state index is 10.7. The highest BCUT2D eigenvalue weighted by molar-refractivity contribution is 5.53. The molecular formula is C12H16N2O3. The SMILES string of the molecule is C=CCOCCNc1cc(C)cc([N+](=O)[O-])c1. The van der Waals surface area contributed by atoms with Gasteiger partial charge >= 0.3 is 0 Å². The van der Waals surface area contributed by atoms with Crippen molar-refractivity contribution in [3.05, 3.63) is 46.5 Å². The van der Waals surface area contributed by atoms with Gasteiger partial charge in [-0.2, -0.15) is 0 Å². The van der Waals surface area contributed by atoms with Gasteiger partial charge in [0, 0.05) is 24.4 Å². The smallest absolute Gasteiger partial charge is 0.271 e. The maximum Gasteiger partial charge on any atom is 0.271 e. The van der Waals surface area contributed by atoms with Crippen molar-refractivity contribution in [2.75, 3.05) is 25.1 Å². The van der Waals surface area contributed by atoms with Crippen molar-refractivity contribution in [1.29, 1.82) is 0 Å². The van der Waals surface area contributed by atoms with Gasteiger partial charge in [-0.15, -0.1) is 6.58 Å². The molecular weight excluding hydrogens is 220 g/mol. The van der Waals surface area contributed by atoms with E-state index in [-0.39, 0.29) is 5.69 Å². The minimum atomic E-state index is -0.396. The van der Waals surface area contributed by atoms with Gasteiger partial charge in [0.25, 0.3) is 5.69 Å². The van der Waals surface area contributed by atoms with E-state index in [4.69, 9.17) is 4.74 Å². The molecule has 0 aromatic heterocycles. The second-order valence-electron chi connectivity index (χ2n) is 3.60. The molecule has 0 aliphatic heterocycles. The lowest BCUT2D eigenvalue weighted by Crippen LogP contribution is -2.09. The third kappa shape index (κ3) is 4.65. The number of nitrogens with one attached hydrogen (secondary N) is 1. The molecule has 0 aliphatic carbocycles. The molecule has 5 nitrogen and oxygen atoms in total. The second kappa shape index (κ2) is 6.65. The Balaban J connectivity index is 2.53.